The van der Waals surface area contributed by atoms with E-state index in [1.54, 1.807) is 0 Å². The second-order valence-corrected chi connectivity index (χ2v) is 9.88. The molecule has 1 aromatic heterocycles. The molecule has 176 valence electrons. The van der Waals surface area contributed by atoms with Gasteiger partial charge in [-0.25, -0.2) is 4.68 Å². The van der Waals surface area contributed by atoms with Crippen molar-refractivity contribution in [3.8, 4) is 17.3 Å². The summed E-state index contributed by atoms with van der Waals surface area (Å²) in [6.45, 7) is 1.44. The summed E-state index contributed by atoms with van der Waals surface area (Å²) in [5, 5.41) is 37.3. The first-order valence-electron chi connectivity index (χ1n) is 9.34. The minimum Gasteiger partial charge on any atom is -0.871 e. The minimum atomic E-state index is -4.69. The fourth-order valence-electron chi connectivity index (χ4n) is 3.28. The zero-order valence-corrected chi connectivity index (χ0v) is 24.8. The number of rotatable bonds is 5. The number of hydrogen-bond acceptors (Lipinski definition) is 9. The molecule has 0 unspecified atom stereocenters. The molecule has 0 saturated heterocycles. The van der Waals surface area contributed by atoms with Crippen LogP contribution in [0.5, 0.6) is 11.6 Å². The van der Waals surface area contributed by atoms with E-state index >= 15 is 0 Å². The van der Waals surface area contributed by atoms with E-state index in [2.05, 4.69) is 15.3 Å². The van der Waals surface area contributed by atoms with Crippen LogP contribution in [0, 0.1) is 6.92 Å². The smallest absolute Gasteiger partial charge is 0.871 e. The van der Waals surface area contributed by atoms with Crippen molar-refractivity contribution < 1.29 is 95.3 Å². The molecule has 0 saturated carbocycles. The van der Waals surface area contributed by atoms with E-state index in [1.165, 1.54) is 43.3 Å². The van der Waals surface area contributed by atoms with Gasteiger partial charge in [0.2, 0.25) is 0 Å². The number of nitrogens with zero attached hydrogens (tertiary/aromatic N) is 4. The Morgan fingerprint density at radius 1 is 0.833 bits per heavy atom. The molecule has 0 atom stereocenters. The molecule has 0 fully saturated rings. The van der Waals surface area contributed by atoms with Crippen molar-refractivity contribution in [2.45, 2.75) is 16.7 Å². The largest absolute Gasteiger partial charge is 1.00 e. The van der Waals surface area contributed by atoms with Crippen molar-refractivity contribution in [3.63, 3.8) is 0 Å². The molecule has 4 aromatic rings. The summed E-state index contributed by atoms with van der Waals surface area (Å²) >= 11 is 0. The van der Waals surface area contributed by atoms with Gasteiger partial charge in [0.25, 0.3) is 20.2 Å². The molecular formula is C20H14N4Na2O8S2. The molecule has 16 heteroatoms. The average molecular weight is 548 g/mol. The van der Waals surface area contributed by atoms with Crippen LogP contribution in [0.2, 0.25) is 0 Å². The monoisotopic (exact) mass is 548 g/mol. The molecule has 0 aliphatic carbocycles. The third-order valence-electron chi connectivity index (χ3n) is 4.82. The average Bonchev–Trinajstić information content (AvgIpc) is 3.05. The fraction of sp³-hybridized carbons (Fsp3) is 0.0500. The number of aryl methyl sites for hydroxylation is 1. The second kappa shape index (κ2) is 11.3. The molecule has 2 N–H and O–H groups in total. The summed E-state index contributed by atoms with van der Waals surface area (Å²) in [5.74, 6) is -1.63. The van der Waals surface area contributed by atoms with Crippen molar-refractivity contribution in [2.24, 2.45) is 10.2 Å². The molecule has 4 rings (SSSR count). The zero-order valence-electron chi connectivity index (χ0n) is 19.1. The van der Waals surface area contributed by atoms with Crippen LogP contribution in [0.3, 0.4) is 0 Å². The second-order valence-electron chi connectivity index (χ2n) is 7.07. The molecule has 3 aromatic carbocycles. The summed E-state index contributed by atoms with van der Waals surface area (Å²) in [6, 6.07) is 11.4. The molecule has 36 heavy (non-hydrogen) atoms. The molecule has 1 heterocycles. The van der Waals surface area contributed by atoms with Crippen LogP contribution < -0.4 is 69.3 Å². The van der Waals surface area contributed by atoms with Crippen LogP contribution >= 0.6 is 0 Å². The maximum atomic E-state index is 12.9. The van der Waals surface area contributed by atoms with Gasteiger partial charge in [0.1, 0.15) is 10.6 Å². The fourth-order valence-corrected chi connectivity index (χ4v) is 4.51. The van der Waals surface area contributed by atoms with Gasteiger partial charge < -0.3 is 10.2 Å². The molecular weight excluding hydrogens is 534 g/mol. The van der Waals surface area contributed by atoms with Crippen LogP contribution in [0.4, 0.5) is 11.4 Å². The molecule has 0 aliphatic heterocycles. The van der Waals surface area contributed by atoms with E-state index in [4.69, 9.17) is 0 Å². The van der Waals surface area contributed by atoms with Crippen LogP contribution in [-0.4, -0.2) is 35.7 Å². The standard InChI is InChI=1S/C20H16N4O8S2.2Na/c1-11-18(20(26)24(23-11)12-5-4-6-13(9-12)33(27,28)29)21-22-19-15-8-3-2-7-14(15)17(10-16(19)25)34(30,31)32;;/h2-10,25-26H,1H3,(H,27,28,29)(H,30,31,32);;/q;2*+1/p-2. The van der Waals surface area contributed by atoms with Crippen molar-refractivity contribution in [1.29, 1.82) is 0 Å². The maximum absolute atomic E-state index is 12.9. The van der Waals surface area contributed by atoms with E-state index in [-0.39, 0.29) is 92.6 Å². The van der Waals surface area contributed by atoms with Crippen LogP contribution in [0.25, 0.3) is 16.5 Å². The maximum Gasteiger partial charge on any atom is 1.00 e. The van der Waals surface area contributed by atoms with Crippen molar-refractivity contribution in [2.75, 3.05) is 0 Å². The summed E-state index contributed by atoms with van der Waals surface area (Å²) in [5.41, 5.74) is -0.364. The summed E-state index contributed by atoms with van der Waals surface area (Å²) in [7, 11) is -9.20. The van der Waals surface area contributed by atoms with Crippen LogP contribution in [-0.2, 0) is 20.2 Å². The third kappa shape index (κ3) is 5.99. The van der Waals surface area contributed by atoms with E-state index < -0.39 is 41.7 Å². The first-order valence-corrected chi connectivity index (χ1v) is 12.2. The van der Waals surface area contributed by atoms with Gasteiger partial charge in [-0.1, -0.05) is 36.1 Å². The van der Waals surface area contributed by atoms with E-state index in [0.29, 0.717) is 6.07 Å². The van der Waals surface area contributed by atoms with E-state index in [1.807, 2.05) is 0 Å². The molecule has 0 radical (unpaired) electrons. The Morgan fingerprint density at radius 2 is 1.44 bits per heavy atom. The van der Waals surface area contributed by atoms with E-state index in [0.717, 1.165) is 16.8 Å². The normalized spacial score (nSPS) is 11.9. The van der Waals surface area contributed by atoms with Gasteiger partial charge in [0, 0.05) is 16.7 Å². The molecule has 0 amide bonds. The first kappa shape index (κ1) is 30.4. The summed E-state index contributed by atoms with van der Waals surface area (Å²) in [6.07, 6.45) is 0. The van der Waals surface area contributed by atoms with Crippen LogP contribution in [0.15, 0.2) is 74.6 Å². The zero-order chi connectivity index (χ0) is 24.8. The van der Waals surface area contributed by atoms with Crippen molar-refractivity contribution in [1.82, 2.24) is 9.78 Å². The Morgan fingerprint density at radius 3 is 2.06 bits per heavy atom. The van der Waals surface area contributed by atoms with Crippen molar-refractivity contribution >= 4 is 42.4 Å². The predicted octanol–water partition coefficient (Wildman–Crippen LogP) is -3.60. The van der Waals surface area contributed by atoms with Gasteiger partial charge in [-0.3, -0.25) is 9.11 Å². The molecule has 0 spiro atoms. The number of benzene rings is 3. The van der Waals surface area contributed by atoms with Crippen LogP contribution in [0.1, 0.15) is 5.69 Å². The van der Waals surface area contributed by atoms with Gasteiger partial charge in [-0.05, 0) is 31.2 Å². The Bertz CT molecular complexity index is 1700. The van der Waals surface area contributed by atoms with Gasteiger partial charge in [0.05, 0.1) is 22.0 Å². The van der Waals surface area contributed by atoms with Gasteiger partial charge in [0.15, 0.2) is 0 Å². The Hall–Kier alpha value is -1.85. The van der Waals surface area contributed by atoms with Gasteiger partial charge >= 0.3 is 59.1 Å². The quantitative estimate of drug-likeness (QED) is 0.144. The Balaban J connectivity index is 0.00000228. The molecule has 12 nitrogen and oxygen atoms in total. The Labute approximate surface area is 249 Å². The minimum absolute atomic E-state index is 0. The number of fused-ring (bicyclic) bond motifs is 1. The van der Waals surface area contributed by atoms with Crippen molar-refractivity contribution in [3.05, 3.63) is 60.3 Å². The topological polar surface area (TPSA) is 197 Å². The first-order chi connectivity index (χ1) is 15.9. The van der Waals surface area contributed by atoms with E-state index in [9.17, 15) is 36.2 Å². The number of azo groups is 1. The summed E-state index contributed by atoms with van der Waals surface area (Å²) in [4.78, 5) is -1.03. The third-order valence-corrected chi connectivity index (χ3v) is 6.56. The SMILES string of the molecule is Cc1nn(-c2cccc(S(=O)(=O)O)c2)c([O-])c1N=Nc1c([O-])cc(S(=O)(=O)O)c2ccccc12.[Na+].[Na+]. The van der Waals surface area contributed by atoms with Gasteiger partial charge in [-0.2, -0.15) is 27.0 Å². The number of aromatic nitrogens is 2. The number of hydrogen-bond donors (Lipinski definition) is 2. The predicted molar refractivity (Wildman–Crippen MR) is 115 cm³/mol. The Kier molecular flexibility index (Phi) is 9.51. The summed E-state index contributed by atoms with van der Waals surface area (Å²) < 4.78 is 65.6. The van der Waals surface area contributed by atoms with Gasteiger partial charge in [-0.15, -0.1) is 5.11 Å². The molecule has 0 aliphatic rings. The molecule has 0 bridgehead atoms.